The molecule has 0 aliphatic rings. The fourth-order valence-electron chi connectivity index (χ4n) is 1.80. The van der Waals surface area contributed by atoms with Gasteiger partial charge < -0.3 is 15.4 Å². The summed E-state index contributed by atoms with van der Waals surface area (Å²) in [6.07, 6.45) is 0.819. The number of rotatable bonds is 6. The molecule has 20 heavy (non-hydrogen) atoms. The SMILES string of the molecule is CN=C(NCCc1cc(Cl)cc(Cl)c1)NC(C)COC. The molecule has 4 nitrogen and oxygen atoms in total. The van der Waals surface area contributed by atoms with Crippen LogP contribution in [0.15, 0.2) is 23.2 Å². The monoisotopic (exact) mass is 317 g/mol. The molecule has 1 unspecified atom stereocenters. The number of ether oxygens (including phenoxy) is 1. The number of nitrogens with one attached hydrogen (secondary N) is 2. The number of hydrogen-bond donors (Lipinski definition) is 2. The molecule has 1 aromatic rings. The van der Waals surface area contributed by atoms with Crippen molar-refractivity contribution in [1.82, 2.24) is 10.6 Å². The van der Waals surface area contributed by atoms with Crippen molar-refractivity contribution in [2.24, 2.45) is 4.99 Å². The molecule has 112 valence electrons. The van der Waals surface area contributed by atoms with Crippen LogP contribution in [-0.4, -0.2) is 39.3 Å². The molecule has 0 aliphatic heterocycles. The zero-order chi connectivity index (χ0) is 15.0. The van der Waals surface area contributed by atoms with Crippen molar-refractivity contribution in [3.8, 4) is 0 Å². The van der Waals surface area contributed by atoms with Crippen molar-refractivity contribution in [2.45, 2.75) is 19.4 Å². The lowest BCUT2D eigenvalue weighted by molar-refractivity contribution is 0.179. The minimum atomic E-state index is 0.201. The van der Waals surface area contributed by atoms with Crippen LogP contribution in [0.2, 0.25) is 10.0 Å². The van der Waals surface area contributed by atoms with Gasteiger partial charge in [0, 0.05) is 36.8 Å². The van der Waals surface area contributed by atoms with Crippen LogP contribution in [0.25, 0.3) is 0 Å². The second-order valence-corrected chi connectivity index (χ2v) is 5.40. The molecule has 1 atom stereocenters. The quantitative estimate of drug-likeness (QED) is 0.626. The third-order valence-electron chi connectivity index (χ3n) is 2.65. The van der Waals surface area contributed by atoms with Crippen LogP contribution in [0.1, 0.15) is 12.5 Å². The summed E-state index contributed by atoms with van der Waals surface area (Å²) in [5.41, 5.74) is 1.09. The summed E-state index contributed by atoms with van der Waals surface area (Å²) >= 11 is 11.9. The normalized spacial score (nSPS) is 13.2. The standard InChI is InChI=1S/C14H21Cl2N3O/c1-10(9-20-3)19-14(17-2)18-5-4-11-6-12(15)8-13(16)7-11/h6-8,10H,4-5,9H2,1-3H3,(H2,17,18,19). The van der Waals surface area contributed by atoms with Crippen LogP contribution in [0.3, 0.4) is 0 Å². The van der Waals surface area contributed by atoms with Crippen LogP contribution in [0, 0.1) is 0 Å². The molecule has 1 rings (SSSR count). The van der Waals surface area contributed by atoms with E-state index in [9.17, 15) is 0 Å². The number of aliphatic imine (C=N–C) groups is 1. The van der Waals surface area contributed by atoms with Crippen molar-refractivity contribution in [1.29, 1.82) is 0 Å². The number of nitrogens with zero attached hydrogens (tertiary/aromatic N) is 1. The van der Waals surface area contributed by atoms with Crippen LogP contribution in [0.4, 0.5) is 0 Å². The van der Waals surface area contributed by atoms with E-state index in [0.717, 1.165) is 24.5 Å². The lowest BCUT2D eigenvalue weighted by Gasteiger charge is -2.17. The molecule has 0 spiro atoms. The number of halogens is 2. The highest BCUT2D eigenvalue weighted by Crippen LogP contribution is 2.19. The van der Waals surface area contributed by atoms with Crippen LogP contribution in [0.5, 0.6) is 0 Å². The van der Waals surface area contributed by atoms with Crippen LogP contribution >= 0.6 is 23.2 Å². The highest BCUT2D eigenvalue weighted by molar-refractivity contribution is 6.34. The Bertz CT molecular complexity index is 432. The largest absolute Gasteiger partial charge is 0.383 e. The molecule has 0 radical (unpaired) electrons. The van der Waals surface area contributed by atoms with Crippen LogP contribution < -0.4 is 10.6 Å². The van der Waals surface area contributed by atoms with Crippen molar-refractivity contribution < 1.29 is 4.74 Å². The number of methoxy groups -OCH3 is 1. The first-order chi connectivity index (χ1) is 9.55. The van der Waals surface area contributed by atoms with Gasteiger partial charge in [0.25, 0.3) is 0 Å². The Labute approximate surface area is 130 Å². The van der Waals surface area contributed by atoms with Gasteiger partial charge in [0.2, 0.25) is 0 Å². The highest BCUT2D eigenvalue weighted by atomic mass is 35.5. The molecule has 0 aliphatic carbocycles. The number of benzene rings is 1. The molecule has 1 aromatic carbocycles. The summed E-state index contributed by atoms with van der Waals surface area (Å²) in [7, 11) is 3.42. The van der Waals surface area contributed by atoms with Gasteiger partial charge in [0.15, 0.2) is 5.96 Å². The molecule has 0 saturated heterocycles. The first-order valence-electron chi connectivity index (χ1n) is 6.46. The molecule has 2 N–H and O–H groups in total. The molecule has 0 aromatic heterocycles. The Kier molecular flexibility index (Phi) is 7.73. The van der Waals surface area contributed by atoms with E-state index in [0.29, 0.717) is 16.7 Å². The van der Waals surface area contributed by atoms with Gasteiger partial charge in [-0.2, -0.15) is 0 Å². The topological polar surface area (TPSA) is 45.7 Å². The molecule has 0 amide bonds. The zero-order valence-corrected chi connectivity index (χ0v) is 13.6. The lowest BCUT2D eigenvalue weighted by Crippen LogP contribution is -2.44. The summed E-state index contributed by atoms with van der Waals surface area (Å²) in [5.74, 6) is 0.752. The van der Waals surface area contributed by atoms with E-state index in [1.165, 1.54) is 0 Å². The van der Waals surface area contributed by atoms with Gasteiger partial charge in [-0.25, -0.2) is 0 Å². The van der Waals surface area contributed by atoms with E-state index in [4.69, 9.17) is 27.9 Å². The van der Waals surface area contributed by atoms with Gasteiger partial charge in [-0.1, -0.05) is 23.2 Å². The minimum absolute atomic E-state index is 0.201. The maximum absolute atomic E-state index is 5.97. The Morgan fingerprint density at radius 2 is 1.95 bits per heavy atom. The smallest absolute Gasteiger partial charge is 0.191 e. The minimum Gasteiger partial charge on any atom is -0.383 e. The third-order valence-corrected chi connectivity index (χ3v) is 3.09. The van der Waals surface area contributed by atoms with E-state index in [2.05, 4.69) is 15.6 Å². The second kappa shape index (κ2) is 9.06. The Morgan fingerprint density at radius 1 is 1.30 bits per heavy atom. The van der Waals surface area contributed by atoms with Gasteiger partial charge in [-0.05, 0) is 37.1 Å². The maximum Gasteiger partial charge on any atom is 0.191 e. The molecule has 0 heterocycles. The fraction of sp³-hybridized carbons (Fsp3) is 0.500. The summed E-state index contributed by atoms with van der Waals surface area (Å²) in [4.78, 5) is 4.16. The summed E-state index contributed by atoms with van der Waals surface area (Å²) in [6, 6.07) is 5.76. The highest BCUT2D eigenvalue weighted by Gasteiger charge is 2.04. The van der Waals surface area contributed by atoms with Crippen molar-refractivity contribution in [2.75, 3.05) is 27.3 Å². The van der Waals surface area contributed by atoms with Gasteiger partial charge >= 0.3 is 0 Å². The number of guanidine groups is 1. The Hall–Kier alpha value is -0.970. The molecule has 0 fully saturated rings. The molecule has 0 bridgehead atoms. The fourth-order valence-corrected chi connectivity index (χ4v) is 2.37. The van der Waals surface area contributed by atoms with Crippen molar-refractivity contribution >= 4 is 29.2 Å². The first kappa shape index (κ1) is 17.1. The number of hydrogen-bond acceptors (Lipinski definition) is 2. The third kappa shape index (κ3) is 6.46. The van der Waals surface area contributed by atoms with Gasteiger partial charge in [0.05, 0.1) is 6.61 Å². The Morgan fingerprint density at radius 3 is 2.50 bits per heavy atom. The predicted molar refractivity (Wildman–Crippen MR) is 86.0 cm³/mol. The molecular formula is C14H21Cl2N3O. The molecular weight excluding hydrogens is 297 g/mol. The van der Waals surface area contributed by atoms with Crippen molar-refractivity contribution in [3.63, 3.8) is 0 Å². The molecule has 6 heteroatoms. The average molecular weight is 318 g/mol. The summed E-state index contributed by atoms with van der Waals surface area (Å²) in [6.45, 7) is 3.41. The lowest BCUT2D eigenvalue weighted by atomic mass is 10.1. The van der Waals surface area contributed by atoms with Gasteiger partial charge in [0.1, 0.15) is 0 Å². The van der Waals surface area contributed by atoms with Gasteiger partial charge in [-0.15, -0.1) is 0 Å². The van der Waals surface area contributed by atoms with E-state index >= 15 is 0 Å². The average Bonchev–Trinajstić information content (AvgIpc) is 2.36. The van der Waals surface area contributed by atoms with E-state index < -0.39 is 0 Å². The van der Waals surface area contributed by atoms with Crippen molar-refractivity contribution in [3.05, 3.63) is 33.8 Å². The predicted octanol–water partition coefficient (Wildman–Crippen LogP) is 2.74. The maximum atomic E-state index is 5.97. The van der Waals surface area contributed by atoms with Gasteiger partial charge in [-0.3, -0.25) is 4.99 Å². The van der Waals surface area contributed by atoms with E-state index in [1.807, 2.05) is 19.1 Å². The summed E-state index contributed by atoms with van der Waals surface area (Å²) < 4.78 is 5.07. The molecule has 0 saturated carbocycles. The zero-order valence-electron chi connectivity index (χ0n) is 12.0. The van der Waals surface area contributed by atoms with E-state index in [1.54, 1.807) is 20.2 Å². The van der Waals surface area contributed by atoms with Crippen LogP contribution in [-0.2, 0) is 11.2 Å². The van der Waals surface area contributed by atoms with E-state index in [-0.39, 0.29) is 6.04 Å². The first-order valence-corrected chi connectivity index (χ1v) is 7.22. The second-order valence-electron chi connectivity index (χ2n) is 4.53. The Balaban J connectivity index is 2.41. The summed E-state index contributed by atoms with van der Waals surface area (Å²) in [5, 5.41) is 7.79.